The molecule has 104 valence electrons. The second-order valence-electron chi connectivity index (χ2n) is 4.01. The second kappa shape index (κ2) is 5.87. The van der Waals surface area contributed by atoms with E-state index in [-0.39, 0.29) is 23.7 Å². The number of hydrogen-bond acceptors (Lipinski definition) is 4. The van der Waals surface area contributed by atoms with Gasteiger partial charge in [-0.15, -0.1) is 0 Å². The number of hydrogen-bond donors (Lipinski definition) is 1. The zero-order valence-corrected chi connectivity index (χ0v) is 11.8. The summed E-state index contributed by atoms with van der Waals surface area (Å²) in [5, 5.41) is 10.6. The van der Waals surface area contributed by atoms with Crippen LogP contribution in [0.2, 0.25) is 0 Å². The lowest BCUT2D eigenvalue weighted by atomic mass is 10.2. The van der Waals surface area contributed by atoms with Crippen LogP contribution in [0, 0.1) is 15.9 Å². The van der Waals surface area contributed by atoms with Gasteiger partial charge in [-0.2, -0.15) is 0 Å². The number of benzene rings is 2. The van der Waals surface area contributed by atoms with Crippen molar-refractivity contribution >= 4 is 27.3 Å². The highest BCUT2D eigenvalue weighted by Gasteiger charge is 2.11. The molecule has 7 heteroatoms. The van der Waals surface area contributed by atoms with E-state index in [2.05, 4.69) is 15.9 Å². The fraction of sp³-hybridized carbons (Fsp3) is 0.0769. The number of nitrogens with zero attached hydrogens (tertiary/aromatic N) is 1. The SMILES string of the molecule is Nc1cc(COc2ccc(Br)cc2F)ccc1[N+](=O)[O-]. The van der Waals surface area contributed by atoms with E-state index in [0.29, 0.717) is 10.0 Å². The predicted molar refractivity (Wildman–Crippen MR) is 75.9 cm³/mol. The van der Waals surface area contributed by atoms with Crippen molar-refractivity contribution in [3.8, 4) is 5.75 Å². The summed E-state index contributed by atoms with van der Waals surface area (Å²) in [7, 11) is 0. The fourth-order valence-electron chi connectivity index (χ4n) is 1.61. The monoisotopic (exact) mass is 340 g/mol. The van der Waals surface area contributed by atoms with Crippen LogP contribution in [-0.4, -0.2) is 4.92 Å². The molecule has 0 fully saturated rings. The van der Waals surface area contributed by atoms with Gasteiger partial charge in [0.05, 0.1) is 4.92 Å². The summed E-state index contributed by atoms with van der Waals surface area (Å²) in [5.41, 5.74) is 6.07. The van der Waals surface area contributed by atoms with Gasteiger partial charge in [0, 0.05) is 10.5 Å². The molecule has 0 aliphatic carbocycles. The number of nitrogen functional groups attached to an aromatic ring is 1. The van der Waals surface area contributed by atoms with Crippen molar-refractivity contribution in [2.45, 2.75) is 6.61 Å². The average Bonchev–Trinajstić information content (AvgIpc) is 2.37. The molecule has 0 radical (unpaired) electrons. The Balaban J connectivity index is 2.11. The number of anilines is 1. The Labute approximate surface area is 122 Å². The third-order valence-electron chi connectivity index (χ3n) is 2.58. The molecule has 0 aliphatic rings. The van der Waals surface area contributed by atoms with Crippen molar-refractivity contribution in [3.63, 3.8) is 0 Å². The molecule has 20 heavy (non-hydrogen) atoms. The predicted octanol–water partition coefficient (Wildman–Crippen LogP) is 3.66. The number of halogens is 2. The number of rotatable bonds is 4. The Kier molecular flexibility index (Phi) is 4.19. The van der Waals surface area contributed by atoms with Crippen molar-refractivity contribution in [1.29, 1.82) is 0 Å². The van der Waals surface area contributed by atoms with Crippen molar-refractivity contribution in [1.82, 2.24) is 0 Å². The molecule has 5 nitrogen and oxygen atoms in total. The highest BCUT2D eigenvalue weighted by Crippen LogP contribution is 2.25. The van der Waals surface area contributed by atoms with Gasteiger partial charge in [0.15, 0.2) is 11.6 Å². The molecular formula is C13H10BrFN2O3. The molecule has 0 saturated carbocycles. The summed E-state index contributed by atoms with van der Waals surface area (Å²) in [6, 6.07) is 8.70. The Morgan fingerprint density at radius 1 is 1.30 bits per heavy atom. The van der Waals surface area contributed by atoms with E-state index in [1.165, 1.54) is 30.3 Å². The van der Waals surface area contributed by atoms with Crippen LogP contribution in [0.3, 0.4) is 0 Å². The summed E-state index contributed by atoms with van der Waals surface area (Å²) < 4.78 is 19.5. The van der Waals surface area contributed by atoms with Gasteiger partial charge in [0.25, 0.3) is 5.69 Å². The third-order valence-corrected chi connectivity index (χ3v) is 3.07. The molecule has 0 amide bonds. The van der Waals surface area contributed by atoms with E-state index in [4.69, 9.17) is 10.5 Å². The van der Waals surface area contributed by atoms with Crippen LogP contribution in [0.5, 0.6) is 5.75 Å². The van der Waals surface area contributed by atoms with E-state index in [0.717, 1.165) is 0 Å². The molecule has 0 bridgehead atoms. The smallest absolute Gasteiger partial charge is 0.292 e. The molecule has 0 aromatic heterocycles. The maximum absolute atomic E-state index is 13.5. The minimum absolute atomic E-state index is 0.0485. The van der Waals surface area contributed by atoms with Gasteiger partial charge in [-0.05, 0) is 35.9 Å². The van der Waals surface area contributed by atoms with Crippen LogP contribution >= 0.6 is 15.9 Å². The lowest BCUT2D eigenvalue weighted by molar-refractivity contribution is -0.383. The van der Waals surface area contributed by atoms with Gasteiger partial charge < -0.3 is 10.5 Å². The maximum atomic E-state index is 13.5. The van der Waals surface area contributed by atoms with E-state index in [1.54, 1.807) is 6.07 Å². The largest absolute Gasteiger partial charge is 0.486 e. The van der Waals surface area contributed by atoms with Crippen molar-refractivity contribution < 1.29 is 14.1 Å². The van der Waals surface area contributed by atoms with Crippen LogP contribution in [-0.2, 0) is 6.61 Å². The summed E-state index contributed by atoms with van der Waals surface area (Å²) in [5.74, 6) is -0.389. The molecular weight excluding hydrogens is 331 g/mol. The van der Waals surface area contributed by atoms with Gasteiger partial charge in [0.1, 0.15) is 12.3 Å². The van der Waals surface area contributed by atoms with Gasteiger partial charge in [-0.25, -0.2) is 4.39 Å². The van der Waals surface area contributed by atoms with E-state index in [1.807, 2.05) is 0 Å². The van der Waals surface area contributed by atoms with E-state index < -0.39 is 10.7 Å². The average molecular weight is 341 g/mol. The topological polar surface area (TPSA) is 78.4 Å². The molecule has 2 N–H and O–H groups in total. The molecule has 0 atom stereocenters. The summed E-state index contributed by atoms with van der Waals surface area (Å²) in [6.45, 7) is 0.0702. The first-order valence-electron chi connectivity index (χ1n) is 5.58. The highest BCUT2D eigenvalue weighted by atomic mass is 79.9. The zero-order chi connectivity index (χ0) is 14.7. The normalized spacial score (nSPS) is 10.3. The van der Waals surface area contributed by atoms with Gasteiger partial charge in [-0.1, -0.05) is 15.9 Å². The number of nitro groups is 1. The Morgan fingerprint density at radius 2 is 2.05 bits per heavy atom. The van der Waals surface area contributed by atoms with Crippen molar-refractivity contribution in [2.75, 3.05) is 5.73 Å². The minimum Gasteiger partial charge on any atom is -0.486 e. The third kappa shape index (κ3) is 3.24. The molecule has 0 spiro atoms. The lowest BCUT2D eigenvalue weighted by Crippen LogP contribution is -2.00. The second-order valence-corrected chi connectivity index (χ2v) is 4.93. The summed E-state index contributed by atoms with van der Waals surface area (Å²) in [6.07, 6.45) is 0. The number of ether oxygens (including phenoxy) is 1. The Hall–Kier alpha value is -2.15. The van der Waals surface area contributed by atoms with Gasteiger partial charge in [-0.3, -0.25) is 10.1 Å². The van der Waals surface area contributed by atoms with Gasteiger partial charge >= 0.3 is 0 Å². The van der Waals surface area contributed by atoms with Crippen molar-refractivity contribution in [3.05, 3.63) is 62.4 Å². The maximum Gasteiger partial charge on any atom is 0.292 e. The van der Waals surface area contributed by atoms with Gasteiger partial charge in [0.2, 0.25) is 0 Å². The molecule has 0 unspecified atom stereocenters. The molecule has 0 aliphatic heterocycles. The first kappa shape index (κ1) is 14.3. The van der Waals surface area contributed by atoms with Crippen LogP contribution < -0.4 is 10.5 Å². The number of nitrogens with two attached hydrogens (primary N) is 1. The van der Waals surface area contributed by atoms with Crippen LogP contribution in [0.25, 0.3) is 0 Å². The Bertz CT molecular complexity index is 664. The van der Waals surface area contributed by atoms with Crippen LogP contribution in [0.1, 0.15) is 5.56 Å². The summed E-state index contributed by atoms with van der Waals surface area (Å²) in [4.78, 5) is 10.1. The van der Waals surface area contributed by atoms with E-state index >= 15 is 0 Å². The molecule has 0 saturated heterocycles. The standard InChI is InChI=1S/C13H10BrFN2O3/c14-9-2-4-13(10(15)6-9)20-7-8-1-3-12(17(18)19)11(16)5-8/h1-6H,7,16H2. The molecule has 2 rings (SSSR count). The first-order valence-corrected chi connectivity index (χ1v) is 6.37. The lowest BCUT2D eigenvalue weighted by Gasteiger charge is -2.08. The number of nitro benzene ring substituents is 1. The zero-order valence-electron chi connectivity index (χ0n) is 10.2. The first-order chi connectivity index (χ1) is 9.47. The molecule has 2 aromatic carbocycles. The fourth-order valence-corrected chi connectivity index (χ4v) is 1.95. The molecule has 2 aromatic rings. The van der Waals surface area contributed by atoms with E-state index in [9.17, 15) is 14.5 Å². The Morgan fingerprint density at radius 3 is 2.65 bits per heavy atom. The highest BCUT2D eigenvalue weighted by molar-refractivity contribution is 9.10. The van der Waals surface area contributed by atoms with Crippen LogP contribution in [0.4, 0.5) is 15.8 Å². The van der Waals surface area contributed by atoms with Crippen molar-refractivity contribution in [2.24, 2.45) is 0 Å². The molecule has 0 heterocycles. The quantitative estimate of drug-likeness (QED) is 0.523. The minimum atomic E-state index is -0.561. The van der Waals surface area contributed by atoms with Crippen LogP contribution in [0.15, 0.2) is 40.9 Å². The summed E-state index contributed by atoms with van der Waals surface area (Å²) >= 11 is 3.15.